The molecule has 2 aromatic heterocycles. The van der Waals surface area contributed by atoms with Crippen LogP contribution in [0, 0.1) is 0 Å². The van der Waals surface area contributed by atoms with Gasteiger partial charge in [0.05, 0.1) is 11.1 Å². The molecular formula is C23H22ClN3O3S2. The average Bonchev–Trinajstić information content (AvgIpc) is 3.36. The summed E-state index contributed by atoms with van der Waals surface area (Å²) in [5, 5.41) is 4.25. The summed E-state index contributed by atoms with van der Waals surface area (Å²) >= 11 is 7.70. The van der Waals surface area contributed by atoms with E-state index in [9.17, 15) is 13.2 Å². The lowest BCUT2D eigenvalue weighted by Crippen LogP contribution is -2.20. The van der Waals surface area contributed by atoms with Gasteiger partial charge in [-0.3, -0.25) is 9.52 Å². The van der Waals surface area contributed by atoms with Gasteiger partial charge in [0.2, 0.25) is 10.0 Å². The van der Waals surface area contributed by atoms with Gasteiger partial charge in [-0.2, -0.15) is 0 Å². The monoisotopic (exact) mass is 487 g/mol. The minimum atomic E-state index is -3.37. The number of fused-ring (bicyclic) bond motifs is 1. The lowest BCUT2D eigenvalue weighted by Gasteiger charge is -2.25. The number of hydrogen-bond acceptors (Lipinski definition) is 4. The fourth-order valence-electron chi connectivity index (χ4n) is 3.52. The van der Waals surface area contributed by atoms with E-state index in [1.165, 1.54) is 11.3 Å². The number of anilines is 2. The summed E-state index contributed by atoms with van der Waals surface area (Å²) in [7, 11) is -3.37. The first-order valence-electron chi connectivity index (χ1n) is 9.79. The molecular weight excluding hydrogens is 466 g/mol. The molecule has 2 aromatic carbocycles. The number of aromatic amines is 1. The van der Waals surface area contributed by atoms with E-state index < -0.39 is 10.0 Å². The summed E-state index contributed by atoms with van der Waals surface area (Å²) < 4.78 is 26.3. The van der Waals surface area contributed by atoms with E-state index in [-0.39, 0.29) is 11.3 Å². The van der Waals surface area contributed by atoms with Crippen LogP contribution in [-0.2, 0) is 15.4 Å². The van der Waals surface area contributed by atoms with Gasteiger partial charge in [-0.05, 0) is 65.5 Å². The summed E-state index contributed by atoms with van der Waals surface area (Å²) in [4.78, 5) is 16.7. The topological polar surface area (TPSA) is 91.1 Å². The molecule has 32 heavy (non-hydrogen) atoms. The maximum absolute atomic E-state index is 12.9. The van der Waals surface area contributed by atoms with Crippen molar-refractivity contribution in [2.24, 2.45) is 0 Å². The highest BCUT2D eigenvalue weighted by atomic mass is 35.5. The van der Waals surface area contributed by atoms with E-state index in [2.05, 4.69) is 28.9 Å². The van der Waals surface area contributed by atoms with Crippen molar-refractivity contribution in [3.8, 4) is 0 Å². The largest absolute Gasteiger partial charge is 0.364 e. The summed E-state index contributed by atoms with van der Waals surface area (Å²) in [5.74, 6) is -0.255. The van der Waals surface area contributed by atoms with Crippen molar-refractivity contribution >= 4 is 60.3 Å². The Morgan fingerprint density at radius 3 is 2.53 bits per heavy atom. The number of H-pyrrole nitrogens is 1. The lowest BCUT2D eigenvalue weighted by molar-refractivity contribution is 0.103. The molecule has 0 saturated carbocycles. The molecule has 0 spiro atoms. The van der Waals surface area contributed by atoms with Crippen LogP contribution in [0.1, 0.15) is 34.8 Å². The molecule has 1 amide bonds. The zero-order chi connectivity index (χ0) is 23.1. The van der Waals surface area contributed by atoms with Crippen LogP contribution in [0.4, 0.5) is 11.4 Å². The van der Waals surface area contributed by atoms with Gasteiger partial charge in [0.1, 0.15) is 0 Å². The molecule has 0 bridgehead atoms. The van der Waals surface area contributed by atoms with Crippen molar-refractivity contribution in [2.75, 3.05) is 16.3 Å². The van der Waals surface area contributed by atoms with Crippen LogP contribution in [0.3, 0.4) is 0 Å². The maximum atomic E-state index is 12.9. The fraction of sp³-hybridized carbons (Fsp3) is 0.174. The number of rotatable bonds is 6. The third-order valence-corrected chi connectivity index (χ3v) is 7.13. The van der Waals surface area contributed by atoms with E-state index in [1.807, 2.05) is 30.5 Å². The summed E-state index contributed by atoms with van der Waals surface area (Å²) in [5.41, 5.74) is 2.74. The Kier molecular flexibility index (Phi) is 5.79. The lowest BCUT2D eigenvalue weighted by atomic mass is 9.81. The first-order chi connectivity index (χ1) is 15.0. The second-order valence-corrected chi connectivity index (χ2v) is 11.4. The van der Waals surface area contributed by atoms with Crippen molar-refractivity contribution in [3.05, 3.63) is 82.0 Å². The minimum Gasteiger partial charge on any atom is -0.364 e. The molecule has 4 rings (SSSR count). The number of aromatic nitrogens is 1. The number of thiophene rings is 1. The van der Waals surface area contributed by atoms with Crippen molar-refractivity contribution in [1.29, 1.82) is 0 Å². The highest BCUT2D eigenvalue weighted by Crippen LogP contribution is 2.34. The van der Waals surface area contributed by atoms with Crippen molar-refractivity contribution in [2.45, 2.75) is 19.3 Å². The van der Waals surface area contributed by atoms with Crippen LogP contribution < -0.4 is 10.0 Å². The smallest absolute Gasteiger partial charge is 0.265 e. The molecule has 0 fully saturated rings. The predicted molar refractivity (Wildman–Crippen MR) is 133 cm³/mol. The highest BCUT2D eigenvalue weighted by Gasteiger charge is 2.25. The van der Waals surface area contributed by atoms with E-state index in [1.54, 1.807) is 30.3 Å². The Balaban J connectivity index is 1.60. The molecule has 166 valence electrons. The Morgan fingerprint density at radius 1 is 1.06 bits per heavy atom. The first-order valence-corrected chi connectivity index (χ1v) is 12.9. The molecule has 0 aliphatic rings. The third-order valence-electron chi connectivity index (χ3n) is 5.19. The van der Waals surface area contributed by atoms with E-state index in [0.29, 0.717) is 21.3 Å². The number of carbonyl (C=O) groups is 1. The number of sulfonamides is 1. The number of carbonyl (C=O) groups excluding carboxylic acids is 1. The summed E-state index contributed by atoms with van der Waals surface area (Å²) in [6.45, 7) is 4.18. The molecule has 0 aliphatic carbocycles. The molecule has 0 saturated heterocycles. The van der Waals surface area contributed by atoms with Gasteiger partial charge in [0.25, 0.3) is 5.91 Å². The van der Waals surface area contributed by atoms with Gasteiger partial charge in [0, 0.05) is 38.4 Å². The molecule has 0 atom stereocenters. The van der Waals surface area contributed by atoms with Crippen LogP contribution in [0.15, 0.2) is 60.8 Å². The quantitative estimate of drug-likeness (QED) is 0.319. The second kappa shape index (κ2) is 8.27. The van der Waals surface area contributed by atoms with Gasteiger partial charge in [-0.15, -0.1) is 11.3 Å². The van der Waals surface area contributed by atoms with Crippen LogP contribution in [0.2, 0.25) is 5.02 Å². The molecule has 9 heteroatoms. The van der Waals surface area contributed by atoms with Gasteiger partial charge in [-0.25, -0.2) is 8.42 Å². The molecule has 0 aliphatic heterocycles. The van der Waals surface area contributed by atoms with Crippen LogP contribution >= 0.6 is 22.9 Å². The number of halogens is 1. The van der Waals surface area contributed by atoms with E-state index in [4.69, 9.17) is 11.6 Å². The zero-order valence-corrected chi connectivity index (χ0v) is 20.1. The van der Waals surface area contributed by atoms with Crippen LogP contribution in [-0.4, -0.2) is 25.6 Å². The molecule has 2 heterocycles. The molecule has 0 radical (unpaired) electrons. The summed E-state index contributed by atoms with van der Waals surface area (Å²) in [6.07, 6.45) is 2.97. The van der Waals surface area contributed by atoms with Crippen LogP contribution in [0.25, 0.3) is 10.1 Å². The summed E-state index contributed by atoms with van der Waals surface area (Å²) in [6, 6.07) is 16.4. The Morgan fingerprint density at radius 2 is 1.84 bits per heavy atom. The number of nitrogens with one attached hydrogen (secondary N) is 3. The molecule has 3 N–H and O–H groups in total. The number of benzene rings is 2. The molecule has 0 unspecified atom stereocenters. The predicted octanol–water partition coefficient (Wildman–Crippen LogP) is 5.83. The van der Waals surface area contributed by atoms with Gasteiger partial charge >= 0.3 is 0 Å². The average molecular weight is 488 g/mol. The second-order valence-electron chi connectivity index (χ2n) is 8.13. The Bertz CT molecular complexity index is 1410. The highest BCUT2D eigenvalue weighted by molar-refractivity contribution is 7.92. The number of amides is 1. The Hall–Kier alpha value is -2.81. The molecule has 6 nitrogen and oxygen atoms in total. The fourth-order valence-corrected chi connectivity index (χ4v) is 5.25. The Labute approximate surface area is 195 Å². The maximum Gasteiger partial charge on any atom is 0.265 e. The first kappa shape index (κ1) is 22.4. The molecule has 4 aromatic rings. The van der Waals surface area contributed by atoms with E-state index >= 15 is 0 Å². The normalized spacial score (nSPS) is 12.1. The van der Waals surface area contributed by atoms with Crippen molar-refractivity contribution in [3.63, 3.8) is 0 Å². The van der Waals surface area contributed by atoms with Crippen molar-refractivity contribution < 1.29 is 13.2 Å². The number of hydrogen-bond donors (Lipinski definition) is 3. The van der Waals surface area contributed by atoms with E-state index in [0.717, 1.165) is 27.6 Å². The van der Waals surface area contributed by atoms with Gasteiger partial charge in [-0.1, -0.05) is 25.4 Å². The van der Waals surface area contributed by atoms with Gasteiger partial charge in [0.15, 0.2) is 0 Å². The standard InChI is InChI=1S/C23H22ClN3O3S2/c1-23(2,21-5-4-8-25-21)15-11-16(24)13-18(12-15)26-22(28)20-10-14-9-17(27-32(3,29)30)6-7-19(14)31-20/h4-13,25,27H,1-3H3,(H,26,28). The SMILES string of the molecule is CC(C)(c1cc(Cl)cc(NC(=O)c2cc3cc(NS(C)(=O)=O)ccc3s2)c1)c1ccc[nH]1. The van der Waals surface area contributed by atoms with Crippen molar-refractivity contribution in [1.82, 2.24) is 4.98 Å². The zero-order valence-electron chi connectivity index (χ0n) is 17.7. The third kappa shape index (κ3) is 4.82. The van der Waals surface area contributed by atoms with Gasteiger partial charge < -0.3 is 10.3 Å². The minimum absolute atomic E-state index is 0.255. The van der Waals surface area contributed by atoms with Crippen LogP contribution in [0.5, 0.6) is 0 Å².